The summed E-state index contributed by atoms with van der Waals surface area (Å²) in [6, 6.07) is 0. The number of carboxylic acid groups (broad SMARTS) is 1. The third-order valence-corrected chi connectivity index (χ3v) is 3.23. The lowest BCUT2D eigenvalue weighted by Gasteiger charge is -2.37. The third kappa shape index (κ3) is 3.89. The fourth-order valence-electron chi connectivity index (χ4n) is 2.26. The molecule has 1 amide bonds. The summed E-state index contributed by atoms with van der Waals surface area (Å²) < 4.78 is 5.31. The van der Waals surface area contributed by atoms with E-state index in [0.717, 1.165) is 6.42 Å². The SMILES string of the molecule is CC[C@H]1CN(C(=O)OC(C)(C)C)CC[C@@H]1C(=O)O. The van der Waals surface area contributed by atoms with Crippen LogP contribution in [0.5, 0.6) is 0 Å². The number of hydrogen-bond acceptors (Lipinski definition) is 3. The van der Waals surface area contributed by atoms with Crippen molar-refractivity contribution in [3.05, 3.63) is 0 Å². The third-order valence-electron chi connectivity index (χ3n) is 3.23. The second-order valence-corrected chi connectivity index (χ2v) is 5.83. The second-order valence-electron chi connectivity index (χ2n) is 5.83. The van der Waals surface area contributed by atoms with E-state index >= 15 is 0 Å². The summed E-state index contributed by atoms with van der Waals surface area (Å²) in [6.07, 6.45) is 0.924. The molecule has 0 aromatic carbocycles. The van der Waals surface area contributed by atoms with E-state index in [-0.39, 0.29) is 17.9 Å². The van der Waals surface area contributed by atoms with Gasteiger partial charge in [0, 0.05) is 13.1 Å². The van der Waals surface area contributed by atoms with Crippen molar-refractivity contribution in [2.45, 2.75) is 46.1 Å². The maximum atomic E-state index is 11.9. The lowest BCUT2D eigenvalue weighted by molar-refractivity contribution is -0.145. The summed E-state index contributed by atoms with van der Waals surface area (Å²) in [4.78, 5) is 24.6. The number of amides is 1. The number of piperidine rings is 1. The molecule has 0 saturated carbocycles. The molecular formula is C13H23NO4. The van der Waals surface area contributed by atoms with Crippen molar-refractivity contribution in [3.8, 4) is 0 Å². The van der Waals surface area contributed by atoms with Crippen LogP contribution < -0.4 is 0 Å². The highest BCUT2D eigenvalue weighted by Crippen LogP contribution is 2.27. The minimum Gasteiger partial charge on any atom is -0.481 e. The van der Waals surface area contributed by atoms with Crippen LogP contribution in [0.15, 0.2) is 0 Å². The van der Waals surface area contributed by atoms with Crippen LogP contribution in [-0.4, -0.2) is 40.8 Å². The van der Waals surface area contributed by atoms with E-state index in [1.165, 1.54) is 0 Å². The first-order valence-corrected chi connectivity index (χ1v) is 6.45. The van der Waals surface area contributed by atoms with Crippen molar-refractivity contribution in [2.75, 3.05) is 13.1 Å². The Labute approximate surface area is 108 Å². The van der Waals surface area contributed by atoms with E-state index in [1.807, 2.05) is 27.7 Å². The topological polar surface area (TPSA) is 66.8 Å². The van der Waals surface area contributed by atoms with Crippen LogP contribution in [0.4, 0.5) is 4.79 Å². The van der Waals surface area contributed by atoms with Crippen LogP contribution >= 0.6 is 0 Å². The monoisotopic (exact) mass is 257 g/mol. The normalized spacial score (nSPS) is 24.8. The average Bonchev–Trinajstić information content (AvgIpc) is 2.25. The molecule has 1 saturated heterocycles. The molecule has 0 bridgehead atoms. The summed E-state index contributed by atoms with van der Waals surface area (Å²) in [5.74, 6) is -1.08. The molecule has 0 aromatic rings. The van der Waals surface area contributed by atoms with Gasteiger partial charge < -0.3 is 14.7 Å². The Balaban J connectivity index is 2.62. The summed E-state index contributed by atoms with van der Waals surface area (Å²) in [6.45, 7) is 8.37. The molecular weight excluding hydrogens is 234 g/mol. The van der Waals surface area contributed by atoms with Crippen molar-refractivity contribution in [3.63, 3.8) is 0 Å². The van der Waals surface area contributed by atoms with E-state index in [0.29, 0.717) is 19.5 Å². The molecule has 104 valence electrons. The number of carbonyl (C=O) groups is 2. The van der Waals surface area contributed by atoms with Crippen molar-refractivity contribution in [1.82, 2.24) is 4.90 Å². The zero-order valence-corrected chi connectivity index (χ0v) is 11.6. The highest BCUT2D eigenvalue weighted by Gasteiger charge is 2.36. The molecule has 1 aliphatic rings. The maximum absolute atomic E-state index is 11.9. The van der Waals surface area contributed by atoms with Gasteiger partial charge in [-0.15, -0.1) is 0 Å². The zero-order chi connectivity index (χ0) is 13.9. The number of hydrogen-bond donors (Lipinski definition) is 1. The summed E-state index contributed by atoms with van der Waals surface area (Å²) in [5, 5.41) is 9.12. The lowest BCUT2D eigenvalue weighted by Crippen LogP contribution is -2.47. The van der Waals surface area contributed by atoms with Gasteiger partial charge in [0.2, 0.25) is 0 Å². The standard InChI is InChI=1S/C13H23NO4/c1-5-9-8-14(7-6-10(9)11(15)16)12(17)18-13(2,3)4/h9-10H,5-8H2,1-4H3,(H,15,16)/t9-,10-/m0/s1. The molecule has 0 radical (unpaired) electrons. The van der Waals surface area contributed by atoms with Crippen molar-refractivity contribution in [2.24, 2.45) is 11.8 Å². The number of carboxylic acids is 1. The van der Waals surface area contributed by atoms with Gasteiger partial charge in [-0.2, -0.15) is 0 Å². The Bertz CT molecular complexity index is 321. The van der Waals surface area contributed by atoms with Gasteiger partial charge in [-0.1, -0.05) is 13.3 Å². The lowest BCUT2D eigenvalue weighted by atomic mass is 9.84. The van der Waals surface area contributed by atoms with Crippen LogP contribution in [0.25, 0.3) is 0 Å². The fraction of sp³-hybridized carbons (Fsp3) is 0.846. The minimum absolute atomic E-state index is 0.0174. The predicted molar refractivity (Wildman–Crippen MR) is 67.3 cm³/mol. The molecule has 0 aromatic heterocycles. The minimum atomic E-state index is -0.759. The van der Waals surface area contributed by atoms with Crippen LogP contribution in [-0.2, 0) is 9.53 Å². The van der Waals surface area contributed by atoms with E-state index < -0.39 is 11.6 Å². The highest BCUT2D eigenvalue weighted by molar-refractivity contribution is 5.72. The van der Waals surface area contributed by atoms with Crippen LogP contribution in [0.1, 0.15) is 40.5 Å². The summed E-state index contributed by atoms with van der Waals surface area (Å²) >= 11 is 0. The van der Waals surface area contributed by atoms with Gasteiger partial charge in [0.25, 0.3) is 0 Å². The molecule has 2 atom stereocenters. The van der Waals surface area contributed by atoms with Crippen LogP contribution in [0, 0.1) is 11.8 Å². The van der Waals surface area contributed by atoms with E-state index in [9.17, 15) is 9.59 Å². The van der Waals surface area contributed by atoms with Gasteiger partial charge in [0.05, 0.1) is 5.92 Å². The number of ether oxygens (including phenoxy) is 1. The predicted octanol–water partition coefficient (Wildman–Crippen LogP) is 2.35. The molecule has 0 aliphatic carbocycles. The molecule has 0 unspecified atom stereocenters. The summed E-state index contributed by atoms with van der Waals surface area (Å²) in [7, 11) is 0. The van der Waals surface area contributed by atoms with Crippen molar-refractivity contribution in [1.29, 1.82) is 0 Å². The molecule has 0 spiro atoms. The average molecular weight is 257 g/mol. The molecule has 18 heavy (non-hydrogen) atoms. The molecule has 1 N–H and O–H groups in total. The molecule has 5 heteroatoms. The van der Waals surface area contributed by atoms with Gasteiger partial charge in [-0.05, 0) is 33.1 Å². The van der Waals surface area contributed by atoms with Gasteiger partial charge in [0.15, 0.2) is 0 Å². The Hall–Kier alpha value is -1.26. The Morgan fingerprint density at radius 2 is 2.00 bits per heavy atom. The van der Waals surface area contributed by atoms with Gasteiger partial charge in [-0.3, -0.25) is 4.79 Å². The van der Waals surface area contributed by atoms with Crippen molar-refractivity contribution >= 4 is 12.1 Å². The first kappa shape index (κ1) is 14.8. The first-order valence-electron chi connectivity index (χ1n) is 6.45. The smallest absolute Gasteiger partial charge is 0.410 e. The zero-order valence-electron chi connectivity index (χ0n) is 11.6. The first-order chi connectivity index (χ1) is 8.24. The molecule has 1 rings (SSSR count). The second kappa shape index (κ2) is 5.59. The number of nitrogens with zero attached hydrogens (tertiary/aromatic N) is 1. The van der Waals surface area contributed by atoms with Gasteiger partial charge >= 0.3 is 12.1 Å². The molecule has 1 fully saturated rings. The largest absolute Gasteiger partial charge is 0.481 e. The van der Waals surface area contributed by atoms with Gasteiger partial charge in [-0.25, -0.2) is 4.79 Å². The molecule has 5 nitrogen and oxygen atoms in total. The quantitative estimate of drug-likeness (QED) is 0.824. The number of carbonyl (C=O) groups excluding carboxylic acids is 1. The van der Waals surface area contributed by atoms with Gasteiger partial charge in [0.1, 0.15) is 5.60 Å². The number of rotatable bonds is 2. The number of likely N-dealkylation sites (tertiary alicyclic amines) is 1. The Kier molecular flexibility index (Phi) is 4.59. The van der Waals surface area contributed by atoms with E-state index in [1.54, 1.807) is 4.90 Å². The van der Waals surface area contributed by atoms with Crippen LogP contribution in [0.2, 0.25) is 0 Å². The molecule has 1 heterocycles. The highest BCUT2D eigenvalue weighted by atomic mass is 16.6. The van der Waals surface area contributed by atoms with E-state index in [4.69, 9.17) is 9.84 Å². The molecule has 1 aliphatic heterocycles. The Morgan fingerprint density at radius 1 is 1.39 bits per heavy atom. The van der Waals surface area contributed by atoms with E-state index in [2.05, 4.69) is 0 Å². The van der Waals surface area contributed by atoms with Crippen LogP contribution in [0.3, 0.4) is 0 Å². The summed E-state index contributed by atoms with van der Waals surface area (Å²) in [5.41, 5.74) is -0.511. The number of aliphatic carboxylic acids is 1. The Morgan fingerprint density at radius 3 is 2.44 bits per heavy atom. The van der Waals surface area contributed by atoms with Crippen molar-refractivity contribution < 1.29 is 19.4 Å². The maximum Gasteiger partial charge on any atom is 0.410 e. The fourth-order valence-corrected chi connectivity index (χ4v) is 2.26.